The van der Waals surface area contributed by atoms with E-state index in [1.807, 2.05) is 23.7 Å². The van der Waals surface area contributed by atoms with Gasteiger partial charge in [-0.15, -0.1) is 11.3 Å². The lowest BCUT2D eigenvalue weighted by atomic mass is 9.88. The van der Waals surface area contributed by atoms with Crippen molar-refractivity contribution in [2.45, 2.75) is 51.9 Å². The van der Waals surface area contributed by atoms with Crippen molar-refractivity contribution in [2.75, 3.05) is 0 Å². The molecule has 3 heteroatoms. The number of hydrogen-bond acceptors (Lipinski definition) is 3. The van der Waals surface area contributed by atoms with E-state index in [-0.39, 0.29) is 5.41 Å². The van der Waals surface area contributed by atoms with E-state index in [4.69, 9.17) is 4.98 Å². The fraction of sp³-hybridized carbons (Fsp3) is 0.400. The van der Waals surface area contributed by atoms with E-state index in [0.717, 1.165) is 5.69 Å². The molecule has 1 aliphatic carbocycles. The van der Waals surface area contributed by atoms with E-state index < -0.39 is 0 Å². The van der Waals surface area contributed by atoms with Crippen LogP contribution in [-0.4, -0.2) is 9.97 Å². The van der Waals surface area contributed by atoms with Crippen molar-refractivity contribution in [1.29, 1.82) is 0 Å². The quantitative estimate of drug-likeness (QED) is 0.588. The second-order valence-corrected chi connectivity index (χ2v) is 8.53. The van der Waals surface area contributed by atoms with Gasteiger partial charge in [-0.1, -0.05) is 26.8 Å². The number of aromatic nitrogens is 2. The summed E-state index contributed by atoms with van der Waals surface area (Å²) in [7, 11) is 0. The highest BCUT2D eigenvalue weighted by Crippen LogP contribution is 2.39. The van der Waals surface area contributed by atoms with Crippen LogP contribution in [0.2, 0.25) is 0 Å². The summed E-state index contributed by atoms with van der Waals surface area (Å²) in [4.78, 5) is 11.0. The molecule has 0 aliphatic heterocycles. The fourth-order valence-electron chi connectivity index (χ4n) is 3.33. The Bertz CT molecular complexity index is 854. The Morgan fingerprint density at radius 1 is 1.00 bits per heavy atom. The molecule has 118 valence electrons. The van der Waals surface area contributed by atoms with E-state index in [1.165, 1.54) is 57.5 Å². The van der Waals surface area contributed by atoms with Crippen LogP contribution in [-0.2, 0) is 18.3 Å². The Morgan fingerprint density at radius 2 is 1.83 bits per heavy atom. The van der Waals surface area contributed by atoms with Crippen LogP contribution in [0, 0.1) is 0 Å². The number of fused-ring (bicyclic) bond motifs is 3. The Morgan fingerprint density at radius 3 is 2.57 bits per heavy atom. The average Bonchev–Trinajstić information content (AvgIpc) is 2.93. The molecule has 0 atom stereocenters. The normalized spacial score (nSPS) is 14.9. The maximum atomic E-state index is 4.75. The minimum absolute atomic E-state index is 0.140. The number of thiophene rings is 1. The highest BCUT2D eigenvalue weighted by Gasteiger charge is 2.20. The second-order valence-electron chi connectivity index (χ2n) is 7.43. The number of hydrogen-bond donors (Lipinski definition) is 0. The molecule has 4 rings (SSSR count). The molecule has 0 N–H and O–H groups in total. The lowest BCUT2D eigenvalue weighted by Gasteiger charge is -2.18. The Labute approximate surface area is 141 Å². The maximum absolute atomic E-state index is 4.75. The molecule has 0 radical (unpaired) electrons. The third-order valence-corrected chi connectivity index (χ3v) is 6.05. The van der Waals surface area contributed by atoms with Gasteiger partial charge in [0.2, 0.25) is 0 Å². The standard InChI is InChI=1S/C20H22N2S/c1-20(2,3)13-8-9-16(22-12-13)14-10-11-21-18-15-6-4-5-7-17(15)23-19(14)18/h8-12H,4-7H2,1-3H3. The summed E-state index contributed by atoms with van der Waals surface area (Å²) in [6.45, 7) is 6.67. The second kappa shape index (κ2) is 5.41. The van der Waals surface area contributed by atoms with Crippen molar-refractivity contribution >= 4 is 21.6 Å². The maximum Gasteiger partial charge on any atom is 0.0851 e. The molecule has 1 aliphatic rings. The molecule has 0 aromatic carbocycles. The average molecular weight is 322 g/mol. The zero-order valence-electron chi connectivity index (χ0n) is 14.0. The van der Waals surface area contributed by atoms with Crippen molar-refractivity contribution in [3.63, 3.8) is 0 Å². The van der Waals surface area contributed by atoms with E-state index in [9.17, 15) is 0 Å². The predicted molar refractivity (Wildman–Crippen MR) is 98.2 cm³/mol. The van der Waals surface area contributed by atoms with E-state index in [1.54, 1.807) is 0 Å². The van der Waals surface area contributed by atoms with Crippen LogP contribution in [0.5, 0.6) is 0 Å². The third-order valence-electron chi connectivity index (χ3n) is 4.74. The molecule has 2 nitrogen and oxygen atoms in total. The van der Waals surface area contributed by atoms with E-state index in [0.29, 0.717) is 0 Å². The first-order chi connectivity index (χ1) is 11.0. The summed E-state index contributed by atoms with van der Waals surface area (Å²) in [5.41, 5.74) is 6.41. The monoisotopic (exact) mass is 322 g/mol. The molecule has 0 saturated heterocycles. The summed E-state index contributed by atoms with van der Waals surface area (Å²) in [5.74, 6) is 0. The first-order valence-corrected chi connectivity index (χ1v) is 9.22. The molecule has 0 spiro atoms. The highest BCUT2D eigenvalue weighted by molar-refractivity contribution is 7.19. The minimum Gasteiger partial charge on any atom is -0.256 e. The number of pyridine rings is 2. The van der Waals surface area contributed by atoms with Crippen LogP contribution in [0.25, 0.3) is 21.5 Å². The minimum atomic E-state index is 0.140. The zero-order chi connectivity index (χ0) is 16.0. The molecule has 0 saturated carbocycles. The SMILES string of the molecule is CC(C)(C)c1ccc(-c2ccnc3c4c(sc23)CCCC4)nc1. The molecule has 0 unspecified atom stereocenters. The molecule has 0 fully saturated rings. The molecule has 23 heavy (non-hydrogen) atoms. The van der Waals surface area contributed by atoms with Gasteiger partial charge in [0.05, 0.1) is 15.9 Å². The van der Waals surface area contributed by atoms with Crippen LogP contribution >= 0.6 is 11.3 Å². The van der Waals surface area contributed by atoms with Gasteiger partial charge in [-0.3, -0.25) is 9.97 Å². The molecule has 3 heterocycles. The summed E-state index contributed by atoms with van der Waals surface area (Å²) in [6, 6.07) is 6.49. The smallest absolute Gasteiger partial charge is 0.0851 e. The van der Waals surface area contributed by atoms with Crippen molar-refractivity contribution in [2.24, 2.45) is 0 Å². The molecule has 0 amide bonds. The third kappa shape index (κ3) is 2.57. The van der Waals surface area contributed by atoms with Crippen LogP contribution in [0.4, 0.5) is 0 Å². The number of aryl methyl sites for hydroxylation is 2. The van der Waals surface area contributed by atoms with Gasteiger partial charge in [0.15, 0.2) is 0 Å². The van der Waals surface area contributed by atoms with Crippen LogP contribution in [0.3, 0.4) is 0 Å². The van der Waals surface area contributed by atoms with Gasteiger partial charge < -0.3 is 0 Å². The number of nitrogens with zero attached hydrogens (tertiary/aromatic N) is 2. The first-order valence-electron chi connectivity index (χ1n) is 8.40. The zero-order valence-corrected chi connectivity index (χ0v) is 14.8. The Balaban J connectivity index is 1.84. The number of rotatable bonds is 1. The molecular formula is C20H22N2S. The van der Waals surface area contributed by atoms with Crippen LogP contribution in [0.15, 0.2) is 30.6 Å². The van der Waals surface area contributed by atoms with Crippen molar-refractivity contribution in [3.05, 3.63) is 46.6 Å². The summed E-state index contributed by atoms with van der Waals surface area (Å²) < 4.78 is 1.32. The van der Waals surface area contributed by atoms with Crippen LogP contribution < -0.4 is 0 Å². The van der Waals surface area contributed by atoms with Crippen molar-refractivity contribution < 1.29 is 0 Å². The topological polar surface area (TPSA) is 25.8 Å². The molecular weight excluding hydrogens is 300 g/mol. The fourth-order valence-corrected chi connectivity index (χ4v) is 4.70. The van der Waals surface area contributed by atoms with E-state index >= 15 is 0 Å². The van der Waals surface area contributed by atoms with E-state index in [2.05, 4.69) is 44.0 Å². The lowest BCUT2D eigenvalue weighted by Crippen LogP contribution is -2.11. The summed E-state index contributed by atoms with van der Waals surface area (Å²) in [6.07, 6.45) is 8.97. The van der Waals surface area contributed by atoms with Gasteiger partial charge in [0.1, 0.15) is 0 Å². The Kier molecular flexibility index (Phi) is 3.49. The summed E-state index contributed by atoms with van der Waals surface area (Å²) >= 11 is 1.93. The Hall–Kier alpha value is -1.74. The van der Waals surface area contributed by atoms with Gasteiger partial charge in [0, 0.05) is 22.8 Å². The lowest BCUT2D eigenvalue weighted by molar-refractivity contribution is 0.587. The van der Waals surface area contributed by atoms with Crippen molar-refractivity contribution in [3.8, 4) is 11.3 Å². The molecule has 0 bridgehead atoms. The van der Waals surface area contributed by atoms with Gasteiger partial charge in [-0.05, 0) is 54.4 Å². The van der Waals surface area contributed by atoms with Gasteiger partial charge in [0.25, 0.3) is 0 Å². The summed E-state index contributed by atoms with van der Waals surface area (Å²) in [5, 5.41) is 0. The molecule has 3 aromatic rings. The molecule has 3 aromatic heterocycles. The largest absolute Gasteiger partial charge is 0.256 e. The van der Waals surface area contributed by atoms with Gasteiger partial charge in [-0.2, -0.15) is 0 Å². The highest BCUT2D eigenvalue weighted by atomic mass is 32.1. The van der Waals surface area contributed by atoms with Gasteiger partial charge >= 0.3 is 0 Å². The van der Waals surface area contributed by atoms with Crippen molar-refractivity contribution in [1.82, 2.24) is 9.97 Å². The van der Waals surface area contributed by atoms with Gasteiger partial charge in [-0.25, -0.2) is 0 Å². The first kappa shape index (κ1) is 14.8. The predicted octanol–water partition coefficient (Wildman–Crippen LogP) is 5.53. The van der Waals surface area contributed by atoms with Crippen LogP contribution in [0.1, 0.15) is 49.6 Å².